The summed E-state index contributed by atoms with van der Waals surface area (Å²) in [5.74, 6) is 0. The molecule has 0 aliphatic heterocycles. The SMILES string of the molecule is CCOC(CCNC1CC1)OCC. The molecule has 1 N–H and O–H groups in total. The van der Waals surface area contributed by atoms with Gasteiger partial charge >= 0.3 is 0 Å². The molecule has 3 heteroatoms. The van der Waals surface area contributed by atoms with Crippen LogP contribution in [-0.2, 0) is 9.47 Å². The molecule has 0 aromatic heterocycles. The van der Waals surface area contributed by atoms with Crippen LogP contribution in [0.1, 0.15) is 33.1 Å². The molecule has 1 aliphatic carbocycles. The van der Waals surface area contributed by atoms with Crippen molar-refractivity contribution in [2.45, 2.75) is 45.4 Å². The third-order valence-electron chi connectivity index (χ3n) is 2.10. The highest BCUT2D eigenvalue weighted by Crippen LogP contribution is 2.18. The Morgan fingerprint density at radius 3 is 2.31 bits per heavy atom. The van der Waals surface area contributed by atoms with Crippen LogP contribution < -0.4 is 5.32 Å². The maximum absolute atomic E-state index is 5.42. The molecular weight excluding hydrogens is 166 g/mol. The first kappa shape index (κ1) is 11.0. The summed E-state index contributed by atoms with van der Waals surface area (Å²) in [4.78, 5) is 0. The van der Waals surface area contributed by atoms with Crippen LogP contribution in [0.3, 0.4) is 0 Å². The second kappa shape index (κ2) is 6.35. The summed E-state index contributed by atoms with van der Waals surface area (Å²) < 4.78 is 10.8. The zero-order valence-corrected chi connectivity index (χ0v) is 8.71. The lowest BCUT2D eigenvalue weighted by Crippen LogP contribution is -2.25. The van der Waals surface area contributed by atoms with Crippen LogP contribution in [0.25, 0.3) is 0 Å². The van der Waals surface area contributed by atoms with Gasteiger partial charge in [-0.05, 0) is 26.7 Å². The lowest BCUT2D eigenvalue weighted by Gasteiger charge is -2.16. The Morgan fingerprint density at radius 1 is 1.23 bits per heavy atom. The number of nitrogens with one attached hydrogen (secondary N) is 1. The van der Waals surface area contributed by atoms with Gasteiger partial charge in [-0.3, -0.25) is 0 Å². The van der Waals surface area contributed by atoms with Gasteiger partial charge in [0, 0.05) is 32.2 Å². The van der Waals surface area contributed by atoms with Gasteiger partial charge < -0.3 is 14.8 Å². The second-order valence-corrected chi connectivity index (χ2v) is 3.36. The van der Waals surface area contributed by atoms with Gasteiger partial charge in [0.2, 0.25) is 0 Å². The average molecular weight is 187 g/mol. The highest BCUT2D eigenvalue weighted by molar-refractivity contribution is 4.80. The molecule has 0 atom stereocenters. The van der Waals surface area contributed by atoms with E-state index in [2.05, 4.69) is 5.32 Å². The molecule has 0 bridgehead atoms. The Kier molecular flexibility index (Phi) is 5.35. The highest BCUT2D eigenvalue weighted by Gasteiger charge is 2.20. The topological polar surface area (TPSA) is 30.5 Å². The van der Waals surface area contributed by atoms with E-state index in [0.29, 0.717) is 0 Å². The Hall–Kier alpha value is -0.120. The fourth-order valence-corrected chi connectivity index (χ4v) is 1.28. The Labute approximate surface area is 80.8 Å². The average Bonchev–Trinajstić information content (AvgIpc) is 2.89. The van der Waals surface area contributed by atoms with Crippen molar-refractivity contribution in [2.24, 2.45) is 0 Å². The maximum Gasteiger partial charge on any atom is 0.158 e. The minimum Gasteiger partial charge on any atom is -0.353 e. The smallest absolute Gasteiger partial charge is 0.158 e. The minimum atomic E-state index is -0.0127. The first-order valence-electron chi connectivity index (χ1n) is 5.33. The molecule has 3 nitrogen and oxygen atoms in total. The molecule has 1 saturated carbocycles. The lowest BCUT2D eigenvalue weighted by atomic mass is 10.4. The van der Waals surface area contributed by atoms with Crippen LogP contribution in [0.4, 0.5) is 0 Å². The predicted molar refractivity (Wildman–Crippen MR) is 52.7 cm³/mol. The van der Waals surface area contributed by atoms with Crippen LogP contribution >= 0.6 is 0 Å². The molecule has 0 amide bonds. The fourth-order valence-electron chi connectivity index (χ4n) is 1.28. The lowest BCUT2D eigenvalue weighted by molar-refractivity contribution is -0.138. The summed E-state index contributed by atoms with van der Waals surface area (Å²) in [6, 6.07) is 0.781. The van der Waals surface area contributed by atoms with Gasteiger partial charge in [-0.25, -0.2) is 0 Å². The normalized spacial score (nSPS) is 16.8. The molecule has 1 aliphatic rings. The molecule has 1 fully saturated rings. The third kappa shape index (κ3) is 5.24. The summed E-state index contributed by atoms with van der Waals surface area (Å²) in [6.45, 7) is 6.47. The van der Waals surface area contributed by atoms with E-state index >= 15 is 0 Å². The molecule has 0 radical (unpaired) electrons. The van der Waals surface area contributed by atoms with Crippen molar-refractivity contribution < 1.29 is 9.47 Å². The number of ether oxygens (including phenoxy) is 2. The molecule has 0 aromatic rings. The van der Waals surface area contributed by atoms with Crippen molar-refractivity contribution in [3.05, 3.63) is 0 Å². The quantitative estimate of drug-likeness (QED) is 0.584. The van der Waals surface area contributed by atoms with Gasteiger partial charge in [-0.2, -0.15) is 0 Å². The van der Waals surface area contributed by atoms with E-state index in [1.54, 1.807) is 0 Å². The zero-order chi connectivity index (χ0) is 9.52. The fraction of sp³-hybridized carbons (Fsp3) is 1.00. The molecule has 78 valence electrons. The standard InChI is InChI=1S/C10H21NO2/c1-3-12-10(13-4-2)7-8-11-9-5-6-9/h9-11H,3-8H2,1-2H3. The highest BCUT2D eigenvalue weighted by atomic mass is 16.7. The molecule has 1 rings (SSSR count). The first-order valence-corrected chi connectivity index (χ1v) is 5.33. The zero-order valence-electron chi connectivity index (χ0n) is 8.71. The Bertz CT molecular complexity index is 120. The maximum atomic E-state index is 5.42. The molecule has 0 heterocycles. The van der Waals surface area contributed by atoms with Gasteiger partial charge in [-0.15, -0.1) is 0 Å². The largest absolute Gasteiger partial charge is 0.353 e. The van der Waals surface area contributed by atoms with Crippen molar-refractivity contribution in [2.75, 3.05) is 19.8 Å². The van der Waals surface area contributed by atoms with E-state index in [4.69, 9.17) is 9.47 Å². The summed E-state index contributed by atoms with van der Waals surface area (Å²) in [5.41, 5.74) is 0. The van der Waals surface area contributed by atoms with Gasteiger partial charge in [0.05, 0.1) is 0 Å². The molecule has 0 saturated heterocycles. The van der Waals surface area contributed by atoms with Crippen molar-refractivity contribution >= 4 is 0 Å². The monoisotopic (exact) mass is 187 g/mol. The van der Waals surface area contributed by atoms with Crippen LogP contribution in [-0.4, -0.2) is 32.1 Å². The van der Waals surface area contributed by atoms with Crippen LogP contribution in [0.5, 0.6) is 0 Å². The second-order valence-electron chi connectivity index (χ2n) is 3.36. The number of hydrogen-bond acceptors (Lipinski definition) is 3. The van der Waals surface area contributed by atoms with Crippen LogP contribution in [0.15, 0.2) is 0 Å². The van der Waals surface area contributed by atoms with Crippen molar-refractivity contribution in [3.63, 3.8) is 0 Å². The number of hydrogen-bond donors (Lipinski definition) is 1. The van der Waals surface area contributed by atoms with Gasteiger partial charge in [0.1, 0.15) is 0 Å². The Balaban J connectivity index is 1.98. The van der Waals surface area contributed by atoms with Gasteiger partial charge in [0.15, 0.2) is 6.29 Å². The van der Waals surface area contributed by atoms with E-state index in [0.717, 1.165) is 32.2 Å². The Morgan fingerprint density at radius 2 is 1.85 bits per heavy atom. The van der Waals surface area contributed by atoms with E-state index in [1.165, 1.54) is 12.8 Å². The van der Waals surface area contributed by atoms with E-state index < -0.39 is 0 Å². The van der Waals surface area contributed by atoms with Gasteiger partial charge in [0.25, 0.3) is 0 Å². The minimum absolute atomic E-state index is 0.0127. The third-order valence-corrected chi connectivity index (χ3v) is 2.10. The summed E-state index contributed by atoms with van der Waals surface area (Å²) in [6.07, 6.45) is 3.63. The van der Waals surface area contributed by atoms with E-state index in [9.17, 15) is 0 Å². The van der Waals surface area contributed by atoms with Crippen LogP contribution in [0.2, 0.25) is 0 Å². The predicted octanol–water partition coefficient (Wildman–Crippen LogP) is 1.53. The summed E-state index contributed by atoms with van der Waals surface area (Å²) in [5, 5.41) is 3.44. The van der Waals surface area contributed by atoms with E-state index in [-0.39, 0.29) is 6.29 Å². The molecule has 0 aromatic carbocycles. The molecule has 13 heavy (non-hydrogen) atoms. The first-order chi connectivity index (χ1) is 6.36. The van der Waals surface area contributed by atoms with Crippen molar-refractivity contribution in [3.8, 4) is 0 Å². The number of rotatable bonds is 8. The van der Waals surface area contributed by atoms with Crippen molar-refractivity contribution in [1.82, 2.24) is 5.32 Å². The molecule has 0 spiro atoms. The molecular formula is C10H21NO2. The van der Waals surface area contributed by atoms with Gasteiger partial charge in [-0.1, -0.05) is 0 Å². The summed E-state index contributed by atoms with van der Waals surface area (Å²) >= 11 is 0. The van der Waals surface area contributed by atoms with Crippen molar-refractivity contribution in [1.29, 1.82) is 0 Å². The molecule has 0 unspecified atom stereocenters. The van der Waals surface area contributed by atoms with Crippen LogP contribution in [0, 0.1) is 0 Å². The van der Waals surface area contributed by atoms with E-state index in [1.807, 2.05) is 13.8 Å². The summed E-state index contributed by atoms with van der Waals surface area (Å²) in [7, 11) is 0.